The van der Waals surface area contributed by atoms with E-state index in [2.05, 4.69) is 12.2 Å². The fraction of sp³-hybridized carbons (Fsp3) is 0.316. The van der Waals surface area contributed by atoms with Gasteiger partial charge in [-0.2, -0.15) is 0 Å². The van der Waals surface area contributed by atoms with Crippen LogP contribution < -0.4 is 10.1 Å². The van der Waals surface area contributed by atoms with Gasteiger partial charge < -0.3 is 14.5 Å². The van der Waals surface area contributed by atoms with Crippen molar-refractivity contribution in [2.24, 2.45) is 0 Å². The molecule has 0 radical (unpaired) electrons. The topological polar surface area (TPSA) is 51.5 Å². The van der Waals surface area contributed by atoms with Gasteiger partial charge in [0.2, 0.25) is 5.91 Å². The standard InChI is InChI=1S/C19H23NO3/c1-2-3-4-5-14-22-18-10-8-16(9-11-18)20-19(21)13-12-17-7-6-15-23-17/h6-13,15H,2-5,14H2,1H3,(H,20,21)/b13-12+. The third kappa shape index (κ3) is 6.43. The predicted octanol–water partition coefficient (Wildman–Crippen LogP) is 4.89. The van der Waals surface area contributed by atoms with E-state index in [0.717, 1.165) is 24.5 Å². The number of anilines is 1. The van der Waals surface area contributed by atoms with Crippen LogP contribution in [0.4, 0.5) is 5.69 Å². The zero-order chi connectivity index (χ0) is 16.3. The van der Waals surface area contributed by atoms with Crippen LogP contribution in [0.1, 0.15) is 38.4 Å². The van der Waals surface area contributed by atoms with Gasteiger partial charge in [0.05, 0.1) is 12.9 Å². The molecule has 122 valence electrons. The maximum Gasteiger partial charge on any atom is 0.248 e. The summed E-state index contributed by atoms with van der Waals surface area (Å²) in [5, 5.41) is 2.79. The summed E-state index contributed by atoms with van der Waals surface area (Å²) >= 11 is 0. The van der Waals surface area contributed by atoms with Crippen LogP contribution in [0.2, 0.25) is 0 Å². The highest BCUT2D eigenvalue weighted by Crippen LogP contribution is 2.16. The third-order valence-corrected chi connectivity index (χ3v) is 3.33. The number of hydrogen-bond acceptors (Lipinski definition) is 3. The number of ether oxygens (including phenoxy) is 1. The van der Waals surface area contributed by atoms with E-state index < -0.39 is 0 Å². The quantitative estimate of drug-likeness (QED) is 0.529. The molecule has 0 saturated carbocycles. The molecule has 0 aliphatic rings. The summed E-state index contributed by atoms with van der Waals surface area (Å²) < 4.78 is 10.8. The second-order valence-electron chi connectivity index (χ2n) is 5.27. The Morgan fingerprint density at radius 1 is 1.17 bits per heavy atom. The first-order valence-corrected chi connectivity index (χ1v) is 8.03. The number of rotatable bonds is 9. The molecule has 0 aliphatic heterocycles. The maximum atomic E-state index is 11.8. The molecule has 1 aromatic carbocycles. The van der Waals surface area contributed by atoms with Crippen molar-refractivity contribution in [3.63, 3.8) is 0 Å². The number of nitrogens with one attached hydrogen (secondary N) is 1. The van der Waals surface area contributed by atoms with Gasteiger partial charge in [-0.05, 0) is 48.9 Å². The van der Waals surface area contributed by atoms with Gasteiger partial charge in [0, 0.05) is 11.8 Å². The van der Waals surface area contributed by atoms with Crippen LogP contribution in [-0.4, -0.2) is 12.5 Å². The Labute approximate surface area is 137 Å². The van der Waals surface area contributed by atoms with Crippen LogP contribution in [0, 0.1) is 0 Å². The summed E-state index contributed by atoms with van der Waals surface area (Å²) in [6, 6.07) is 11.0. The first kappa shape index (κ1) is 16.9. The zero-order valence-electron chi connectivity index (χ0n) is 13.5. The lowest BCUT2D eigenvalue weighted by molar-refractivity contribution is -0.111. The van der Waals surface area contributed by atoms with Crippen LogP contribution in [0.5, 0.6) is 5.75 Å². The molecule has 1 heterocycles. The minimum atomic E-state index is -0.199. The van der Waals surface area contributed by atoms with E-state index in [1.54, 1.807) is 24.5 Å². The Balaban J connectivity index is 1.74. The summed E-state index contributed by atoms with van der Waals surface area (Å²) in [7, 11) is 0. The average Bonchev–Trinajstić information content (AvgIpc) is 3.08. The zero-order valence-corrected chi connectivity index (χ0v) is 13.5. The van der Waals surface area contributed by atoms with E-state index in [1.807, 2.05) is 24.3 Å². The van der Waals surface area contributed by atoms with Crippen LogP contribution in [0.3, 0.4) is 0 Å². The highest BCUT2D eigenvalue weighted by Gasteiger charge is 2.00. The average molecular weight is 313 g/mol. The monoisotopic (exact) mass is 313 g/mol. The Hall–Kier alpha value is -2.49. The molecule has 0 bridgehead atoms. The smallest absolute Gasteiger partial charge is 0.248 e. The predicted molar refractivity (Wildman–Crippen MR) is 92.5 cm³/mol. The van der Waals surface area contributed by atoms with Gasteiger partial charge in [0.15, 0.2) is 0 Å². The largest absolute Gasteiger partial charge is 0.494 e. The van der Waals surface area contributed by atoms with E-state index in [1.165, 1.54) is 25.3 Å². The van der Waals surface area contributed by atoms with Crippen molar-refractivity contribution >= 4 is 17.7 Å². The van der Waals surface area contributed by atoms with Gasteiger partial charge in [0.25, 0.3) is 0 Å². The Kier molecular flexibility index (Phi) is 6.98. The number of benzene rings is 1. The Morgan fingerprint density at radius 3 is 2.70 bits per heavy atom. The van der Waals surface area contributed by atoms with Gasteiger partial charge >= 0.3 is 0 Å². The lowest BCUT2D eigenvalue weighted by atomic mass is 10.2. The number of amides is 1. The van der Waals surface area contributed by atoms with Crippen molar-refractivity contribution in [3.8, 4) is 5.75 Å². The van der Waals surface area contributed by atoms with Crippen molar-refractivity contribution in [1.82, 2.24) is 0 Å². The van der Waals surface area contributed by atoms with Crippen molar-refractivity contribution < 1.29 is 13.9 Å². The molecule has 23 heavy (non-hydrogen) atoms. The first-order valence-electron chi connectivity index (χ1n) is 8.03. The molecule has 1 aromatic heterocycles. The highest BCUT2D eigenvalue weighted by molar-refractivity contribution is 6.01. The summed E-state index contributed by atoms with van der Waals surface area (Å²) in [5.41, 5.74) is 0.734. The fourth-order valence-corrected chi connectivity index (χ4v) is 2.08. The molecule has 0 spiro atoms. The molecule has 0 unspecified atom stereocenters. The van der Waals surface area contributed by atoms with Gasteiger partial charge in [-0.25, -0.2) is 0 Å². The molecule has 0 aliphatic carbocycles. The van der Waals surface area contributed by atoms with Crippen LogP contribution >= 0.6 is 0 Å². The van der Waals surface area contributed by atoms with E-state index in [4.69, 9.17) is 9.15 Å². The van der Waals surface area contributed by atoms with Crippen molar-refractivity contribution in [3.05, 3.63) is 54.5 Å². The van der Waals surface area contributed by atoms with Gasteiger partial charge in [0.1, 0.15) is 11.5 Å². The Morgan fingerprint density at radius 2 is 2.00 bits per heavy atom. The van der Waals surface area contributed by atoms with Crippen molar-refractivity contribution in [2.75, 3.05) is 11.9 Å². The van der Waals surface area contributed by atoms with E-state index in [-0.39, 0.29) is 5.91 Å². The SMILES string of the molecule is CCCCCCOc1ccc(NC(=O)/C=C/c2ccco2)cc1. The van der Waals surface area contributed by atoms with Crippen LogP contribution in [-0.2, 0) is 4.79 Å². The summed E-state index contributed by atoms with van der Waals surface area (Å²) in [5.74, 6) is 1.27. The fourth-order valence-electron chi connectivity index (χ4n) is 2.08. The molecule has 0 atom stereocenters. The van der Waals surface area contributed by atoms with E-state index in [9.17, 15) is 4.79 Å². The molecule has 0 fully saturated rings. The molecular formula is C19H23NO3. The van der Waals surface area contributed by atoms with E-state index >= 15 is 0 Å². The maximum absolute atomic E-state index is 11.8. The number of unbranched alkanes of at least 4 members (excludes halogenated alkanes) is 3. The van der Waals surface area contributed by atoms with Crippen LogP contribution in [0.25, 0.3) is 6.08 Å². The lowest BCUT2D eigenvalue weighted by Gasteiger charge is -2.07. The molecule has 1 N–H and O–H groups in total. The van der Waals surface area contributed by atoms with Gasteiger partial charge in [-0.15, -0.1) is 0 Å². The van der Waals surface area contributed by atoms with Crippen molar-refractivity contribution in [1.29, 1.82) is 0 Å². The minimum absolute atomic E-state index is 0.199. The number of furan rings is 1. The first-order chi connectivity index (χ1) is 11.3. The number of carbonyl (C=O) groups is 1. The van der Waals surface area contributed by atoms with Crippen molar-refractivity contribution in [2.45, 2.75) is 32.6 Å². The highest BCUT2D eigenvalue weighted by atomic mass is 16.5. The van der Waals surface area contributed by atoms with Gasteiger partial charge in [-0.1, -0.05) is 26.2 Å². The number of carbonyl (C=O) groups excluding carboxylic acids is 1. The molecule has 2 aromatic rings. The molecule has 1 amide bonds. The molecule has 4 heteroatoms. The minimum Gasteiger partial charge on any atom is -0.494 e. The lowest BCUT2D eigenvalue weighted by Crippen LogP contribution is -2.07. The summed E-state index contributed by atoms with van der Waals surface area (Å²) in [6.45, 7) is 2.93. The second kappa shape index (κ2) is 9.51. The summed E-state index contributed by atoms with van der Waals surface area (Å²) in [6.07, 6.45) is 9.39. The number of hydrogen-bond donors (Lipinski definition) is 1. The molecule has 0 saturated heterocycles. The molecular weight excluding hydrogens is 290 g/mol. The second-order valence-corrected chi connectivity index (χ2v) is 5.27. The van der Waals surface area contributed by atoms with E-state index in [0.29, 0.717) is 5.76 Å². The Bertz CT molecular complexity index is 600. The van der Waals surface area contributed by atoms with Crippen LogP contribution in [0.15, 0.2) is 53.2 Å². The molecule has 4 nitrogen and oxygen atoms in total. The summed E-state index contributed by atoms with van der Waals surface area (Å²) in [4.78, 5) is 11.8. The third-order valence-electron chi connectivity index (χ3n) is 3.33. The molecule has 2 rings (SSSR count). The van der Waals surface area contributed by atoms with Gasteiger partial charge in [-0.3, -0.25) is 4.79 Å². The normalized spacial score (nSPS) is 10.8.